The van der Waals surface area contributed by atoms with Crippen LogP contribution in [0.5, 0.6) is 0 Å². The van der Waals surface area contributed by atoms with E-state index < -0.39 is 5.76 Å². The molecule has 1 fully saturated rings. The Balaban J connectivity index is 1.65. The normalized spacial score (nSPS) is 19.1. The number of ether oxygens (including phenoxy) is 1. The summed E-state index contributed by atoms with van der Waals surface area (Å²) >= 11 is 0. The standard InChI is InChI=1S/C14H16N2O4/c17-13(8-10-3-1-2-6-19-10)15-9-4-5-12-11(7-9)16-14(18)20-12/h4-5,7,10H,1-3,6,8H2,(H,15,17)(H,16,18). The Morgan fingerprint density at radius 3 is 3.10 bits per heavy atom. The van der Waals surface area contributed by atoms with E-state index in [2.05, 4.69) is 10.3 Å². The number of amides is 1. The second kappa shape index (κ2) is 5.50. The van der Waals surface area contributed by atoms with Crippen LogP contribution in [0.3, 0.4) is 0 Å². The Morgan fingerprint density at radius 1 is 1.40 bits per heavy atom. The van der Waals surface area contributed by atoms with Crippen LogP contribution in [0, 0.1) is 0 Å². The van der Waals surface area contributed by atoms with Crippen molar-refractivity contribution in [1.29, 1.82) is 0 Å². The van der Waals surface area contributed by atoms with Gasteiger partial charge in [0.25, 0.3) is 0 Å². The van der Waals surface area contributed by atoms with Crippen molar-refractivity contribution in [3.05, 3.63) is 28.7 Å². The molecule has 0 saturated carbocycles. The van der Waals surface area contributed by atoms with Gasteiger partial charge in [-0.05, 0) is 37.5 Å². The minimum atomic E-state index is -0.501. The fourth-order valence-electron chi connectivity index (χ4n) is 2.42. The molecule has 2 N–H and O–H groups in total. The molecule has 1 atom stereocenters. The van der Waals surface area contributed by atoms with Crippen LogP contribution in [0.2, 0.25) is 0 Å². The van der Waals surface area contributed by atoms with E-state index in [1.807, 2.05) is 0 Å². The van der Waals surface area contributed by atoms with Crippen molar-refractivity contribution in [2.45, 2.75) is 31.8 Å². The van der Waals surface area contributed by atoms with Gasteiger partial charge in [-0.1, -0.05) is 0 Å². The molecule has 6 nitrogen and oxygen atoms in total. The van der Waals surface area contributed by atoms with Gasteiger partial charge in [-0.25, -0.2) is 4.79 Å². The van der Waals surface area contributed by atoms with Gasteiger partial charge in [0.15, 0.2) is 5.58 Å². The number of anilines is 1. The third-order valence-electron chi connectivity index (χ3n) is 3.39. The van der Waals surface area contributed by atoms with Gasteiger partial charge in [-0.2, -0.15) is 0 Å². The van der Waals surface area contributed by atoms with Crippen LogP contribution >= 0.6 is 0 Å². The second-order valence-corrected chi connectivity index (χ2v) is 4.97. The largest absolute Gasteiger partial charge is 0.417 e. The van der Waals surface area contributed by atoms with Gasteiger partial charge < -0.3 is 14.5 Å². The highest BCUT2D eigenvalue weighted by molar-refractivity contribution is 5.93. The lowest BCUT2D eigenvalue weighted by Gasteiger charge is -2.21. The van der Waals surface area contributed by atoms with Crippen molar-refractivity contribution in [2.75, 3.05) is 11.9 Å². The molecule has 1 aliphatic heterocycles. The molecule has 0 radical (unpaired) electrons. The summed E-state index contributed by atoms with van der Waals surface area (Å²) in [5, 5.41) is 2.81. The monoisotopic (exact) mass is 276 g/mol. The Morgan fingerprint density at radius 2 is 2.30 bits per heavy atom. The zero-order valence-corrected chi connectivity index (χ0v) is 11.0. The molecule has 1 unspecified atom stereocenters. The maximum atomic E-state index is 11.9. The lowest BCUT2D eigenvalue weighted by Crippen LogP contribution is -2.25. The summed E-state index contributed by atoms with van der Waals surface area (Å²) in [6.45, 7) is 0.736. The van der Waals surface area contributed by atoms with E-state index in [0.29, 0.717) is 23.2 Å². The Labute approximate surface area is 115 Å². The first kappa shape index (κ1) is 12.9. The molecule has 0 aliphatic carbocycles. The Kier molecular flexibility index (Phi) is 3.56. The number of H-pyrrole nitrogens is 1. The van der Waals surface area contributed by atoms with Crippen LogP contribution in [-0.4, -0.2) is 23.6 Å². The summed E-state index contributed by atoms with van der Waals surface area (Å²) in [5.41, 5.74) is 1.68. The predicted molar refractivity (Wildman–Crippen MR) is 73.7 cm³/mol. The van der Waals surface area contributed by atoms with E-state index in [9.17, 15) is 9.59 Å². The second-order valence-electron chi connectivity index (χ2n) is 4.97. The average molecular weight is 276 g/mol. The van der Waals surface area contributed by atoms with Crippen molar-refractivity contribution >= 4 is 22.7 Å². The average Bonchev–Trinajstić information content (AvgIpc) is 2.79. The number of aromatic amines is 1. The highest BCUT2D eigenvalue weighted by atomic mass is 16.5. The van der Waals surface area contributed by atoms with Gasteiger partial charge in [-0.3, -0.25) is 9.78 Å². The molecule has 2 heterocycles. The van der Waals surface area contributed by atoms with Crippen LogP contribution in [0.1, 0.15) is 25.7 Å². The SMILES string of the molecule is O=C(CC1CCCCO1)Nc1ccc2oc(=O)[nH]c2c1. The number of aromatic nitrogens is 1. The Bertz CT molecular complexity index is 667. The number of rotatable bonds is 3. The third kappa shape index (κ3) is 2.91. The van der Waals surface area contributed by atoms with Crippen LogP contribution in [0.15, 0.2) is 27.4 Å². The third-order valence-corrected chi connectivity index (χ3v) is 3.39. The number of carbonyl (C=O) groups excluding carboxylic acids is 1. The van der Waals surface area contributed by atoms with E-state index in [4.69, 9.17) is 9.15 Å². The maximum Gasteiger partial charge on any atom is 0.417 e. The zero-order chi connectivity index (χ0) is 13.9. The lowest BCUT2D eigenvalue weighted by atomic mass is 10.1. The van der Waals surface area contributed by atoms with Gasteiger partial charge in [-0.15, -0.1) is 0 Å². The molecule has 2 aromatic rings. The molecule has 3 rings (SSSR count). The highest BCUT2D eigenvalue weighted by Gasteiger charge is 2.17. The van der Waals surface area contributed by atoms with E-state index in [0.717, 1.165) is 25.9 Å². The fourth-order valence-corrected chi connectivity index (χ4v) is 2.42. The van der Waals surface area contributed by atoms with Crippen molar-refractivity contribution in [3.63, 3.8) is 0 Å². The van der Waals surface area contributed by atoms with E-state index in [1.165, 1.54) is 0 Å². The van der Waals surface area contributed by atoms with Crippen LogP contribution < -0.4 is 11.1 Å². The number of benzene rings is 1. The molecule has 1 amide bonds. The lowest BCUT2D eigenvalue weighted by molar-refractivity contribution is -0.119. The molecule has 20 heavy (non-hydrogen) atoms. The van der Waals surface area contributed by atoms with Crippen LogP contribution in [0.4, 0.5) is 5.69 Å². The molecule has 1 aliphatic rings. The van der Waals surface area contributed by atoms with Gasteiger partial charge in [0.1, 0.15) is 0 Å². The first-order valence-electron chi connectivity index (χ1n) is 6.75. The molecular formula is C14H16N2O4. The van der Waals surface area contributed by atoms with Gasteiger partial charge in [0.05, 0.1) is 18.0 Å². The number of fused-ring (bicyclic) bond motifs is 1. The zero-order valence-electron chi connectivity index (χ0n) is 11.0. The van der Waals surface area contributed by atoms with E-state index in [-0.39, 0.29) is 12.0 Å². The van der Waals surface area contributed by atoms with Gasteiger partial charge >= 0.3 is 5.76 Å². The maximum absolute atomic E-state index is 11.9. The number of carbonyl (C=O) groups is 1. The first-order valence-corrected chi connectivity index (χ1v) is 6.75. The summed E-state index contributed by atoms with van der Waals surface area (Å²) in [5.74, 6) is -0.582. The molecule has 6 heteroatoms. The summed E-state index contributed by atoms with van der Waals surface area (Å²) in [4.78, 5) is 25.5. The van der Waals surface area contributed by atoms with Gasteiger partial charge in [0, 0.05) is 12.3 Å². The van der Waals surface area contributed by atoms with Crippen molar-refractivity contribution in [1.82, 2.24) is 4.98 Å². The summed E-state index contributed by atoms with van der Waals surface area (Å²) in [6, 6.07) is 5.04. The summed E-state index contributed by atoms with van der Waals surface area (Å²) in [6.07, 6.45) is 3.49. The molecule has 1 aromatic carbocycles. The number of oxazole rings is 1. The summed E-state index contributed by atoms with van der Waals surface area (Å²) in [7, 11) is 0. The first-order chi connectivity index (χ1) is 9.70. The van der Waals surface area contributed by atoms with Crippen molar-refractivity contribution in [2.24, 2.45) is 0 Å². The topological polar surface area (TPSA) is 84.3 Å². The highest BCUT2D eigenvalue weighted by Crippen LogP contribution is 2.19. The fraction of sp³-hybridized carbons (Fsp3) is 0.429. The Hall–Kier alpha value is -2.08. The molecule has 0 spiro atoms. The smallest absolute Gasteiger partial charge is 0.408 e. The van der Waals surface area contributed by atoms with Crippen LogP contribution in [-0.2, 0) is 9.53 Å². The molecule has 106 valence electrons. The predicted octanol–water partition coefficient (Wildman–Crippen LogP) is 2.02. The summed E-state index contributed by atoms with van der Waals surface area (Å²) < 4.78 is 10.4. The quantitative estimate of drug-likeness (QED) is 0.898. The van der Waals surface area contributed by atoms with Crippen molar-refractivity contribution in [3.8, 4) is 0 Å². The van der Waals surface area contributed by atoms with Crippen LogP contribution in [0.25, 0.3) is 11.1 Å². The molecule has 1 aromatic heterocycles. The molecule has 0 bridgehead atoms. The number of nitrogens with one attached hydrogen (secondary N) is 2. The van der Waals surface area contributed by atoms with E-state index in [1.54, 1.807) is 18.2 Å². The molecule has 1 saturated heterocycles. The molecular weight excluding hydrogens is 260 g/mol. The van der Waals surface area contributed by atoms with Gasteiger partial charge in [0.2, 0.25) is 5.91 Å². The number of hydrogen-bond acceptors (Lipinski definition) is 4. The van der Waals surface area contributed by atoms with Crippen molar-refractivity contribution < 1.29 is 13.9 Å². The minimum Gasteiger partial charge on any atom is -0.408 e. The minimum absolute atomic E-state index is 0.0150. The number of hydrogen-bond donors (Lipinski definition) is 2. The van der Waals surface area contributed by atoms with E-state index >= 15 is 0 Å².